The van der Waals surface area contributed by atoms with Crippen molar-refractivity contribution in [2.45, 2.75) is 31.3 Å². The van der Waals surface area contributed by atoms with Gasteiger partial charge in [0.2, 0.25) is 11.9 Å². The van der Waals surface area contributed by atoms with E-state index < -0.39 is 26.2 Å². The number of rotatable bonds is 4. The zero-order valence-electron chi connectivity index (χ0n) is 12.8. The Balaban J connectivity index is 2.31. The highest BCUT2D eigenvalue weighted by atomic mass is 35.5. The number of nitrogens with zero attached hydrogens (tertiary/aromatic N) is 2. The van der Waals surface area contributed by atoms with Crippen molar-refractivity contribution < 1.29 is 13.2 Å². The van der Waals surface area contributed by atoms with Crippen LogP contribution in [0.25, 0.3) is 11.0 Å². The van der Waals surface area contributed by atoms with E-state index in [1.807, 2.05) is 0 Å². The lowest BCUT2D eigenvalue weighted by Crippen LogP contribution is -2.37. The third kappa shape index (κ3) is 2.96. The number of aromatic nitrogens is 2. The third-order valence-electron chi connectivity index (χ3n) is 3.60. The zero-order valence-corrected chi connectivity index (χ0v) is 14.4. The fourth-order valence-corrected chi connectivity index (χ4v) is 3.39. The van der Waals surface area contributed by atoms with Gasteiger partial charge in [0, 0.05) is 12.1 Å². The molecule has 0 spiro atoms. The predicted molar refractivity (Wildman–Crippen MR) is 87.9 cm³/mol. The number of carbonyl (C=O) groups is 1. The molecule has 0 aliphatic heterocycles. The maximum Gasteiger partial charge on any atom is 0.244 e. The first-order valence-corrected chi connectivity index (χ1v) is 8.79. The molecule has 0 saturated carbocycles. The summed E-state index contributed by atoms with van der Waals surface area (Å²) < 4.78 is 25.8. The number of aryl methyl sites for hydroxylation is 1. The highest BCUT2D eigenvalue weighted by molar-refractivity contribution is 7.93. The molecule has 1 aromatic heterocycles. The van der Waals surface area contributed by atoms with Crippen LogP contribution in [0.1, 0.15) is 20.8 Å². The van der Waals surface area contributed by atoms with Gasteiger partial charge >= 0.3 is 0 Å². The van der Waals surface area contributed by atoms with E-state index in [1.54, 1.807) is 43.7 Å². The van der Waals surface area contributed by atoms with Gasteiger partial charge in [-0.15, -0.1) is 0 Å². The van der Waals surface area contributed by atoms with Crippen LogP contribution in [-0.2, 0) is 21.7 Å². The summed E-state index contributed by atoms with van der Waals surface area (Å²) in [5.74, 6) is -0.314. The monoisotopic (exact) mass is 343 g/mol. The van der Waals surface area contributed by atoms with Crippen LogP contribution in [0.5, 0.6) is 0 Å². The molecule has 0 radical (unpaired) electrons. The van der Waals surface area contributed by atoms with E-state index in [2.05, 4.69) is 10.3 Å². The standard InChI is InChI=1S/C14H18ClN3O3S/c1-8(2)22(20,21)9(3)13(19)17-14-16-11-7-10(15)5-6-12(11)18(14)4/h5-9H,1-4H3,(H,16,17,19). The molecule has 22 heavy (non-hydrogen) atoms. The van der Waals surface area contributed by atoms with Crippen molar-refractivity contribution in [3.8, 4) is 0 Å². The lowest BCUT2D eigenvalue weighted by Gasteiger charge is -2.15. The number of amides is 1. The minimum Gasteiger partial charge on any atom is -0.313 e. The summed E-state index contributed by atoms with van der Waals surface area (Å²) >= 11 is 5.92. The Hall–Kier alpha value is -1.60. The van der Waals surface area contributed by atoms with Gasteiger partial charge in [0.05, 0.1) is 16.3 Å². The second kappa shape index (κ2) is 5.89. The van der Waals surface area contributed by atoms with Gasteiger partial charge in [0.15, 0.2) is 9.84 Å². The smallest absolute Gasteiger partial charge is 0.244 e. The number of fused-ring (bicyclic) bond motifs is 1. The number of anilines is 1. The Kier molecular flexibility index (Phi) is 4.49. The second-order valence-corrected chi connectivity index (χ2v) is 8.66. The number of hydrogen-bond donors (Lipinski definition) is 1. The molecule has 0 saturated heterocycles. The summed E-state index contributed by atoms with van der Waals surface area (Å²) in [5.41, 5.74) is 1.42. The molecule has 0 aliphatic rings. The van der Waals surface area contributed by atoms with Crippen LogP contribution in [0.15, 0.2) is 18.2 Å². The Labute approximate surface area is 134 Å². The lowest BCUT2D eigenvalue weighted by atomic mass is 10.3. The zero-order chi connectivity index (χ0) is 16.7. The predicted octanol–water partition coefficient (Wildman–Crippen LogP) is 2.38. The van der Waals surface area contributed by atoms with Crippen LogP contribution in [0.4, 0.5) is 5.95 Å². The molecule has 0 aliphatic carbocycles. The number of carbonyl (C=O) groups excluding carboxylic acids is 1. The van der Waals surface area contributed by atoms with Crippen molar-refractivity contribution in [1.82, 2.24) is 9.55 Å². The van der Waals surface area contributed by atoms with E-state index in [9.17, 15) is 13.2 Å². The van der Waals surface area contributed by atoms with Crippen LogP contribution in [0.2, 0.25) is 5.02 Å². The summed E-state index contributed by atoms with van der Waals surface area (Å²) in [7, 11) is -1.78. The Morgan fingerprint density at radius 1 is 1.32 bits per heavy atom. The van der Waals surface area contributed by atoms with Gasteiger partial charge in [-0.2, -0.15) is 0 Å². The summed E-state index contributed by atoms with van der Waals surface area (Å²) in [6, 6.07) is 5.19. The first-order chi connectivity index (χ1) is 10.1. The van der Waals surface area contributed by atoms with Crippen molar-refractivity contribution >= 4 is 44.3 Å². The van der Waals surface area contributed by atoms with E-state index in [-0.39, 0.29) is 5.95 Å². The van der Waals surface area contributed by atoms with E-state index in [0.717, 1.165) is 5.52 Å². The molecule has 1 amide bonds. The first kappa shape index (κ1) is 16.8. The SMILES string of the molecule is CC(C)S(=O)(=O)C(C)C(=O)Nc1nc2cc(Cl)ccc2n1C. The number of hydrogen-bond acceptors (Lipinski definition) is 4. The Morgan fingerprint density at radius 3 is 2.55 bits per heavy atom. The van der Waals surface area contributed by atoms with Crippen molar-refractivity contribution in [1.29, 1.82) is 0 Å². The van der Waals surface area contributed by atoms with Crippen LogP contribution < -0.4 is 5.32 Å². The molecule has 8 heteroatoms. The van der Waals surface area contributed by atoms with Gasteiger partial charge in [-0.25, -0.2) is 13.4 Å². The molecule has 1 unspecified atom stereocenters. The molecule has 1 N–H and O–H groups in total. The largest absolute Gasteiger partial charge is 0.313 e. The fraction of sp³-hybridized carbons (Fsp3) is 0.429. The third-order valence-corrected chi connectivity index (χ3v) is 6.35. The van der Waals surface area contributed by atoms with Gasteiger partial charge in [0.25, 0.3) is 0 Å². The quantitative estimate of drug-likeness (QED) is 0.924. The maximum atomic E-state index is 12.2. The second-order valence-electron chi connectivity index (χ2n) is 5.40. The number of sulfone groups is 1. The summed E-state index contributed by atoms with van der Waals surface area (Å²) in [5, 5.41) is 1.35. The van der Waals surface area contributed by atoms with Crippen LogP contribution in [0.3, 0.4) is 0 Å². The molecular weight excluding hydrogens is 326 g/mol. The average molecular weight is 344 g/mol. The molecule has 2 rings (SSSR count). The topological polar surface area (TPSA) is 81.1 Å². The average Bonchev–Trinajstić information content (AvgIpc) is 2.73. The molecule has 2 aromatic rings. The van der Waals surface area contributed by atoms with Crippen LogP contribution >= 0.6 is 11.6 Å². The molecule has 120 valence electrons. The molecule has 0 bridgehead atoms. The van der Waals surface area contributed by atoms with Gasteiger partial charge in [-0.1, -0.05) is 11.6 Å². The lowest BCUT2D eigenvalue weighted by molar-refractivity contribution is -0.115. The van der Waals surface area contributed by atoms with E-state index >= 15 is 0 Å². The molecule has 0 fully saturated rings. The van der Waals surface area contributed by atoms with E-state index in [1.165, 1.54) is 6.92 Å². The highest BCUT2D eigenvalue weighted by Gasteiger charge is 2.31. The molecular formula is C14H18ClN3O3S. The summed E-state index contributed by atoms with van der Waals surface area (Å²) in [6.07, 6.45) is 0. The van der Waals surface area contributed by atoms with E-state index in [4.69, 9.17) is 11.6 Å². The first-order valence-electron chi connectivity index (χ1n) is 6.80. The molecule has 1 heterocycles. The van der Waals surface area contributed by atoms with E-state index in [0.29, 0.717) is 10.5 Å². The van der Waals surface area contributed by atoms with Crippen LogP contribution in [-0.4, -0.2) is 34.4 Å². The molecule has 6 nitrogen and oxygen atoms in total. The van der Waals surface area contributed by atoms with Crippen LogP contribution in [0, 0.1) is 0 Å². The van der Waals surface area contributed by atoms with Gasteiger partial charge in [0.1, 0.15) is 5.25 Å². The Morgan fingerprint density at radius 2 is 1.95 bits per heavy atom. The maximum absolute atomic E-state index is 12.2. The van der Waals surface area contributed by atoms with Crippen molar-refractivity contribution in [3.05, 3.63) is 23.2 Å². The van der Waals surface area contributed by atoms with Crippen molar-refractivity contribution in [2.75, 3.05) is 5.32 Å². The van der Waals surface area contributed by atoms with Crippen molar-refractivity contribution in [2.24, 2.45) is 7.05 Å². The minimum atomic E-state index is -3.52. The minimum absolute atomic E-state index is 0.285. The Bertz CT molecular complexity index is 827. The van der Waals surface area contributed by atoms with Gasteiger partial charge in [-0.05, 0) is 39.0 Å². The fourth-order valence-electron chi connectivity index (χ4n) is 2.05. The van der Waals surface area contributed by atoms with Crippen molar-refractivity contribution in [3.63, 3.8) is 0 Å². The number of nitrogens with one attached hydrogen (secondary N) is 1. The van der Waals surface area contributed by atoms with Gasteiger partial charge < -0.3 is 4.57 Å². The normalized spacial score (nSPS) is 13.5. The summed E-state index contributed by atoms with van der Waals surface area (Å²) in [4.78, 5) is 16.5. The van der Waals surface area contributed by atoms with Gasteiger partial charge in [-0.3, -0.25) is 10.1 Å². The highest BCUT2D eigenvalue weighted by Crippen LogP contribution is 2.22. The molecule has 1 atom stereocenters. The number of benzene rings is 1. The number of halogens is 1. The molecule has 1 aromatic carbocycles. The number of imidazole rings is 1. The summed E-state index contributed by atoms with van der Waals surface area (Å²) in [6.45, 7) is 4.48.